The van der Waals surface area contributed by atoms with Crippen LogP contribution < -0.4 is 5.32 Å². The van der Waals surface area contributed by atoms with E-state index >= 15 is 0 Å². The summed E-state index contributed by atoms with van der Waals surface area (Å²) in [5.41, 5.74) is 1.36. The van der Waals surface area contributed by atoms with E-state index in [9.17, 15) is 4.39 Å². The van der Waals surface area contributed by atoms with Crippen LogP contribution in [0.15, 0.2) is 24.4 Å². The Morgan fingerprint density at radius 3 is 3.00 bits per heavy atom. The first-order chi connectivity index (χ1) is 5.81. The van der Waals surface area contributed by atoms with Crippen molar-refractivity contribution < 1.29 is 4.39 Å². The first kappa shape index (κ1) is 7.16. The summed E-state index contributed by atoms with van der Waals surface area (Å²) < 4.78 is 13.1. The summed E-state index contributed by atoms with van der Waals surface area (Å²) >= 11 is 0. The van der Waals surface area contributed by atoms with Gasteiger partial charge in [0.15, 0.2) is 0 Å². The van der Waals surface area contributed by atoms with Gasteiger partial charge in [0, 0.05) is 30.2 Å². The second-order valence-electron chi connectivity index (χ2n) is 2.65. The molecule has 2 nitrogen and oxygen atoms in total. The Kier molecular flexibility index (Phi) is 1.50. The smallest absolute Gasteiger partial charge is 0.148 e. The number of hydrogen-bond acceptors (Lipinski definition) is 1. The molecule has 0 aliphatic rings. The topological polar surface area (TPSA) is 27.8 Å². The molecule has 0 radical (unpaired) electrons. The summed E-state index contributed by atoms with van der Waals surface area (Å²) in [7, 11) is 1.71. The molecule has 3 heteroatoms. The van der Waals surface area contributed by atoms with Crippen LogP contribution in [0.3, 0.4) is 0 Å². The first-order valence-electron chi connectivity index (χ1n) is 3.75. The number of anilines is 1. The number of nitrogens with one attached hydrogen (secondary N) is 2. The lowest BCUT2D eigenvalue weighted by Gasteiger charge is -2.01. The third-order valence-corrected chi connectivity index (χ3v) is 1.91. The molecule has 2 rings (SSSR count). The number of fused-ring (bicyclic) bond motifs is 1. The van der Waals surface area contributed by atoms with E-state index in [0.717, 1.165) is 10.9 Å². The normalized spacial score (nSPS) is 10.5. The molecule has 0 amide bonds. The lowest BCUT2D eigenvalue weighted by molar-refractivity contribution is 0.633. The molecule has 62 valence electrons. The maximum absolute atomic E-state index is 13.1. The van der Waals surface area contributed by atoms with Crippen LogP contribution in [0.5, 0.6) is 0 Å². The number of hydrogen-bond donors (Lipinski definition) is 2. The second kappa shape index (κ2) is 2.52. The van der Waals surface area contributed by atoms with E-state index < -0.39 is 0 Å². The molecule has 1 aromatic heterocycles. The minimum Gasteiger partial charge on any atom is -0.386 e. The van der Waals surface area contributed by atoms with Gasteiger partial charge in [-0.05, 0) is 12.1 Å². The van der Waals surface area contributed by atoms with Crippen LogP contribution in [-0.2, 0) is 0 Å². The summed E-state index contributed by atoms with van der Waals surface area (Å²) in [6, 6.07) is 5.18. The van der Waals surface area contributed by atoms with Crippen molar-refractivity contribution in [3.05, 3.63) is 30.2 Å². The molecule has 0 fully saturated rings. The zero-order valence-corrected chi connectivity index (χ0v) is 6.69. The van der Waals surface area contributed by atoms with Gasteiger partial charge in [-0.1, -0.05) is 0 Å². The molecule has 0 saturated carbocycles. The van der Waals surface area contributed by atoms with E-state index in [1.54, 1.807) is 19.3 Å². The maximum Gasteiger partial charge on any atom is 0.148 e. The lowest BCUT2D eigenvalue weighted by atomic mass is 10.2. The molecule has 2 aromatic rings. The number of rotatable bonds is 1. The second-order valence-corrected chi connectivity index (χ2v) is 2.65. The quantitative estimate of drug-likeness (QED) is 0.665. The van der Waals surface area contributed by atoms with Gasteiger partial charge in [-0.3, -0.25) is 0 Å². The highest BCUT2D eigenvalue weighted by Gasteiger charge is 2.02. The number of H-pyrrole nitrogens is 1. The molecule has 0 unspecified atom stereocenters. The Bertz CT molecular complexity index is 406. The van der Waals surface area contributed by atoms with Gasteiger partial charge in [0.05, 0.1) is 5.69 Å². The minimum atomic E-state index is -0.229. The van der Waals surface area contributed by atoms with E-state index in [0.29, 0.717) is 5.69 Å². The Morgan fingerprint density at radius 1 is 1.42 bits per heavy atom. The molecule has 12 heavy (non-hydrogen) atoms. The standard InChI is InChI=1S/C9H9FN2/c1-11-9-4-6-2-3-12-8(6)5-7(9)10/h2-5,11-12H,1H3. The van der Waals surface area contributed by atoms with Crippen molar-refractivity contribution in [2.24, 2.45) is 0 Å². The monoisotopic (exact) mass is 164 g/mol. The molecule has 1 aromatic carbocycles. The van der Waals surface area contributed by atoms with Crippen molar-refractivity contribution in [3.63, 3.8) is 0 Å². The van der Waals surface area contributed by atoms with Crippen LogP contribution in [0.2, 0.25) is 0 Å². The summed E-state index contributed by atoms with van der Waals surface area (Å²) in [6.07, 6.45) is 1.80. The van der Waals surface area contributed by atoms with E-state index in [4.69, 9.17) is 0 Å². The van der Waals surface area contributed by atoms with E-state index in [1.165, 1.54) is 6.07 Å². The van der Waals surface area contributed by atoms with Crippen molar-refractivity contribution in [2.75, 3.05) is 12.4 Å². The first-order valence-corrected chi connectivity index (χ1v) is 3.75. The molecule has 0 aliphatic carbocycles. The van der Waals surface area contributed by atoms with Crippen LogP contribution in [0.1, 0.15) is 0 Å². The highest BCUT2D eigenvalue weighted by Crippen LogP contribution is 2.21. The van der Waals surface area contributed by atoms with Crippen molar-refractivity contribution in [3.8, 4) is 0 Å². The Balaban J connectivity index is 2.73. The van der Waals surface area contributed by atoms with Gasteiger partial charge >= 0.3 is 0 Å². The van der Waals surface area contributed by atoms with Crippen LogP contribution in [-0.4, -0.2) is 12.0 Å². The fourth-order valence-corrected chi connectivity index (χ4v) is 1.27. The van der Waals surface area contributed by atoms with Gasteiger partial charge in [-0.25, -0.2) is 4.39 Å². The Hall–Kier alpha value is -1.51. The summed E-state index contributed by atoms with van der Waals surface area (Å²) in [4.78, 5) is 2.94. The van der Waals surface area contributed by atoms with E-state index in [-0.39, 0.29) is 5.82 Å². The SMILES string of the molecule is CNc1cc2cc[nH]c2cc1F. The molecule has 1 heterocycles. The molecule has 0 aliphatic heterocycles. The summed E-state index contributed by atoms with van der Waals surface area (Å²) in [5, 5.41) is 3.80. The van der Waals surface area contributed by atoms with E-state index in [1.807, 2.05) is 6.07 Å². The molecular weight excluding hydrogens is 155 g/mol. The van der Waals surface area contributed by atoms with Crippen LogP contribution in [0.25, 0.3) is 10.9 Å². The third kappa shape index (κ3) is 0.942. The minimum absolute atomic E-state index is 0.229. The van der Waals surface area contributed by atoms with Crippen molar-refractivity contribution >= 4 is 16.6 Å². The number of aromatic amines is 1. The summed E-state index contributed by atoms with van der Waals surface area (Å²) in [6.45, 7) is 0. The molecule has 0 bridgehead atoms. The van der Waals surface area contributed by atoms with Crippen molar-refractivity contribution in [1.29, 1.82) is 0 Å². The van der Waals surface area contributed by atoms with Crippen LogP contribution >= 0.6 is 0 Å². The van der Waals surface area contributed by atoms with Crippen LogP contribution in [0, 0.1) is 5.82 Å². The Morgan fingerprint density at radius 2 is 2.25 bits per heavy atom. The highest BCUT2D eigenvalue weighted by atomic mass is 19.1. The fourth-order valence-electron chi connectivity index (χ4n) is 1.27. The zero-order chi connectivity index (χ0) is 8.55. The largest absolute Gasteiger partial charge is 0.386 e. The van der Waals surface area contributed by atoms with Gasteiger partial charge in [0.2, 0.25) is 0 Å². The molecule has 0 atom stereocenters. The number of aromatic nitrogens is 1. The average Bonchev–Trinajstić information content (AvgIpc) is 2.49. The van der Waals surface area contributed by atoms with Crippen LogP contribution in [0.4, 0.5) is 10.1 Å². The van der Waals surface area contributed by atoms with Gasteiger partial charge in [-0.15, -0.1) is 0 Å². The molecule has 2 N–H and O–H groups in total. The molecule has 0 saturated heterocycles. The van der Waals surface area contributed by atoms with Gasteiger partial charge in [0.1, 0.15) is 5.82 Å². The highest BCUT2D eigenvalue weighted by molar-refractivity contribution is 5.83. The average molecular weight is 164 g/mol. The van der Waals surface area contributed by atoms with Gasteiger partial charge in [-0.2, -0.15) is 0 Å². The molecular formula is C9H9FN2. The van der Waals surface area contributed by atoms with Crippen molar-refractivity contribution in [2.45, 2.75) is 0 Å². The van der Waals surface area contributed by atoms with Crippen molar-refractivity contribution in [1.82, 2.24) is 4.98 Å². The maximum atomic E-state index is 13.1. The lowest BCUT2D eigenvalue weighted by Crippen LogP contribution is -1.91. The summed E-state index contributed by atoms with van der Waals surface area (Å²) in [5.74, 6) is -0.229. The zero-order valence-electron chi connectivity index (χ0n) is 6.69. The fraction of sp³-hybridized carbons (Fsp3) is 0.111. The van der Waals surface area contributed by atoms with E-state index in [2.05, 4.69) is 10.3 Å². The van der Waals surface area contributed by atoms with Gasteiger partial charge < -0.3 is 10.3 Å². The van der Waals surface area contributed by atoms with Gasteiger partial charge in [0.25, 0.3) is 0 Å². The third-order valence-electron chi connectivity index (χ3n) is 1.91. The predicted molar refractivity (Wildman–Crippen MR) is 47.8 cm³/mol. The Labute approximate surface area is 69.4 Å². The number of halogens is 1. The molecule has 0 spiro atoms. The predicted octanol–water partition coefficient (Wildman–Crippen LogP) is 2.35. The number of benzene rings is 1.